The second kappa shape index (κ2) is 7.08. The van der Waals surface area contributed by atoms with Crippen molar-refractivity contribution in [2.75, 3.05) is 11.9 Å². The molecule has 0 unspecified atom stereocenters. The van der Waals surface area contributed by atoms with Crippen LogP contribution in [0.25, 0.3) is 0 Å². The highest BCUT2D eigenvalue weighted by Crippen LogP contribution is 2.47. The molecule has 0 radical (unpaired) electrons. The minimum absolute atomic E-state index is 0.0273. The highest BCUT2D eigenvalue weighted by atomic mass is 35.5. The number of anilines is 1. The largest absolute Gasteiger partial charge is 0.452 e. The van der Waals surface area contributed by atoms with Crippen molar-refractivity contribution in [3.63, 3.8) is 0 Å². The van der Waals surface area contributed by atoms with Gasteiger partial charge in [-0.2, -0.15) is 0 Å². The monoisotopic (exact) mass is 388 g/mol. The van der Waals surface area contributed by atoms with Crippen LogP contribution in [0.1, 0.15) is 36.0 Å². The Morgan fingerprint density at radius 3 is 2.74 bits per heavy atom. The van der Waals surface area contributed by atoms with Crippen molar-refractivity contribution in [2.45, 2.75) is 31.5 Å². The maximum absolute atomic E-state index is 12.1. The molecule has 1 amide bonds. The molecule has 0 bridgehead atoms. The van der Waals surface area contributed by atoms with Gasteiger partial charge < -0.3 is 19.5 Å². The molecular weight excluding hydrogens is 372 g/mol. The number of pyridine rings is 1. The molecule has 1 aliphatic carbocycles. The number of esters is 1. The van der Waals surface area contributed by atoms with Gasteiger partial charge in [0.25, 0.3) is 11.7 Å². The average Bonchev–Trinajstić information content (AvgIpc) is 3.25. The summed E-state index contributed by atoms with van der Waals surface area (Å²) in [4.78, 5) is 27.8. The molecule has 1 N–H and O–H groups in total. The Hall–Kier alpha value is -2.80. The van der Waals surface area contributed by atoms with Crippen LogP contribution in [0, 0.1) is 0 Å². The first-order chi connectivity index (χ1) is 13.0. The molecule has 7 nitrogen and oxygen atoms in total. The summed E-state index contributed by atoms with van der Waals surface area (Å²) < 4.78 is 16.9. The van der Waals surface area contributed by atoms with E-state index in [1.165, 1.54) is 12.3 Å². The van der Waals surface area contributed by atoms with Crippen LogP contribution in [0.4, 0.5) is 5.69 Å². The van der Waals surface area contributed by atoms with Gasteiger partial charge in [-0.1, -0.05) is 11.6 Å². The standard InChI is InChI=1S/C19H17ClN2O5/c20-17-13(4-3-9-21-17)18(24)25-11-16(23)22-12-5-6-14-15(10-12)27-19(26-14)7-1-2-8-19/h3-6,9-10H,1-2,7-8,11H2,(H,22,23). The van der Waals surface area contributed by atoms with Crippen LogP contribution >= 0.6 is 11.6 Å². The number of halogens is 1. The third-order valence-corrected chi connectivity index (χ3v) is 4.80. The van der Waals surface area contributed by atoms with Crippen LogP contribution in [-0.2, 0) is 9.53 Å². The zero-order valence-corrected chi connectivity index (χ0v) is 15.1. The molecule has 2 heterocycles. The molecule has 1 aromatic carbocycles. The molecule has 8 heteroatoms. The third kappa shape index (κ3) is 3.68. The summed E-state index contributed by atoms with van der Waals surface area (Å²) in [7, 11) is 0. The minimum Gasteiger partial charge on any atom is -0.452 e. The lowest BCUT2D eigenvalue weighted by molar-refractivity contribution is -0.119. The van der Waals surface area contributed by atoms with E-state index in [9.17, 15) is 9.59 Å². The Bertz CT molecular complexity index is 895. The number of hydrogen-bond donors (Lipinski definition) is 1. The fraction of sp³-hybridized carbons (Fsp3) is 0.316. The summed E-state index contributed by atoms with van der Waals surface area (Å²) in [6, 6.07) is 8.23. The Balaban J connectivity index is 1.34. The van der Waals surface area contributed by atoms with Crippen molar-refractivity contribution in [1.29, 1.82) is 0 Å². The van der Waals surface area contributed by atoms with Gasteiger partial charge >= 0.3 is 5.97 Å². The number of rotatable bonds is 4. The molecule has 2 aliphatic rings. The molecule has 1 spiro atoms. The topological polar surface area (TPSA) is 86.8 Å². The Kier molecular flexibility index (Phi) is 4.61. The fourth-order valence-corrected chi connectivity index (χ4v) is 3.43. The van der Waals surface area contributed by atoms with Gasteiger partial charge in [0.05, 0.1) is 5.56 Å². The van der Waals surface area contributed by atoms with Crippen molar-refractivity contribution in [2.24, 2.45) is 0 Å². The maximum Gasteiger partial charge on any atom is 0.341 e. The molecule has 140 valence electrons. The normalized spacial score (nSPS) is 16.3. The zero-order valence-electron chi connectivity index (χ0n) is 14.4. The second-order valence-electron chi connectivity index (χ2n) is 6.45. The molecule has 27 heavy (non-hydrogen) atoms. The van der Waals surface area contributed by atoms with Crippen LogP contribution in [0.3, 0.4) is 0 Å². The number of ether oxygens (including phenoxy) is 3. The van der Waals surface area contributed by atoms with E-state index in [0.717, 1.165) is 25.7 Å². The van der Waals surface area contributed by atoms with Crippen LogP contribution in [0.15, 0.2) is 36.5 Å². The minimum atomic E-state index is -0.711. The van der Waals surface area contributed by atoms with Gasteiger partial charge in [-0.3, -0.25) is 4.79 Å². The molecule has 1 aliphatic heterocycles. The second-order valence-corrected chi connectivity index (χ2v) is 6.81. The SMILES string of the molecule is O=C(COC(=O)c1cccnc1Cl)Nc1ccc2c(c1)OC1(CCCC1)O2. The molecule has 0 saturated heterocycles. The lowest BCUT2D eigenvalue weighted by atomic mass is 10.2. The van der Waals surface area contributed by atoms with Gasteiger partial charge in [0, 0.05) is 30.8 Å². The predicted molar refractivity (Wildman–Crippen MR) is 97.1 cm³/mol. The highest BCUT2D eigenvalue weighted by Gasteiger charge is 2.44. The Labute approximate surface area is 160 Å². The van der Waals surface area contributed by atoms with Crippen LogP contribution in [0.5, 0.6) is 11.5 Å². The number of hydrogen-bond acceptors (Lipinski definition) is 6. The first kappa shape index (κ1) is 17.6. The smallest absolute Gasteiger partial charge is 0.341 e. The first-order valence-corrected chi connectivity index (χ1v) is 9.02. The quantitative estimate of drug-likeness (QED) is 0.636. The molecule has 0 atom stereocenters. The van der Waals surface area contributed by atoms with Crippen molar-refractivity contribution in [1.82, 2.24) is 4.98 Å². The lowest BCUT2D eigenvalue weighted by Gasteiger charge is -2.21. The summed E-state index contributed by atoms with van der Waals surface area (Å²) >= 11 is 5.83. The number of fused-ring (bicyclic) bond motifs is 1. The molecular formula is C19H17ClN2O5. The zero-order chi connectivity index (χ0) is 18.9. The van der Waals surface area contributed by atoms with Gasteiger partial charge in [0.15, 0.2) is 18.1 Å². The van der Waals surface area contributed by atoms with E-state index in [0.29, 0.717) is 17.2 Å². The maximum atomic E-state index is 12.1. The third-order valence-electron chi connectivity index (χ3n) is 4.50. The van der Waals surface area contributed by atoms with E-state index in [1.54, 1.807) is 24.3 Å². The van der Waals surface area contributed by atoms with Crippen molar-refractivity contribution in [3.05, 3.63) is 47.2 Å². The fourth-order valence-electron chi connectivity index (χ4n) is 3.23. The Morgan fingerprint density at radius 1 is 1.19 bits per heavy atom. The number of nitrogens with zero attached hydrogens (tertiary/aromatic N) is 1. The van der Waals surface area contributed by atoms with Crippen LogP contribution in [0.2, 0.25) is 5.15 Å². The van der Waals surface area contributed by atoms with E-state index in [1.807, 2.05) is 0 Å². The van der Waals surface area contributed by atoms with Crippen LogP contribution < -0.4 is 14.8 Å². The van der Waals surface area contributed by atoms with Crippen molar-refractivity contribution < 1.29 is 23.8 Å². The number of carbonyl (C=O) groups excluding carboxylic acids is 2. The van der Waals surface area contributed by atoms with Gasteiger partial charge in [-0.15, -0.1) is 0 Å². The lowest BCUT2D eigenvalue weighted by Crippen LogP contribution is -2.34. The van der Waals surface area contributed by atoms with Gasteiger partial charge in [0.2, 0.25) is 0 Å². The van der Waals surface area contributed by atoms with E-state index >= 15 is 0 Å². The molecule has 1 aromatic heterocycles. The number of benzene rings is 1. The molecule has 4 rings (SSSR count). The van der Waals surface area contributed by atoms with Gasteiger partial charge in [0.1, 0.15) is 5.15 Å². The van der Waals surface area contributed by atoms with E-state index in [4.69, 9.17) is 25.8 Å². The number of nitrogens with one attached hydrogen (secondary N) is 1. The van der Waals surface area contributed by atoms with E-state index < -0.39 is 24.3 Å². The number of carbonyl (C=O) groups is 2. The summed E-state index contributed by atoms with van der Waals surface area (Å²) in [6.45, 7) is -0.442. The average molecular weight is 389 g/mol. The van der Waals surface area contributed by atoms with E-state index in [2.05, 4.69) is 10.3 Å². The van der Waals surface area contributed by atoms with E-state index in [-0.39, 0.29) is 10.7 Å². The molecule has 1 fully saturated rings. The summed E-state index contributed by atoms with van der Waals surface area (Å²) in [6.07, 6.45) is 5.32. The van der Waals surface area contributed by atoms with Gasteiger partial charge in [-0.25, -0.2) is 9.78 Å². The van der Waals surface area contributed by atoms with Crippen molar-refractivity contribution >= 4 is 29.2 Å². The Morgan fingerprint density at radius 2 is 1.96 bits per heavy atom. The number of aromatic nitrogens is 1. The van der Waals surface area contributed by atoms with Gasteiger partial charge in [-0.05, 0) is 37.1 Å². The summed E-state index contributed by atoms with van der Waals surface area (Å²) in [5.41, 5.74) is 0.643. The summed E-state index contributed by atoms with van der Waals surface area (Å²) in [5, 5.41) is 2.70. The van der Waals surface area contributed by atoms with Crippen molar-refractivity contribution in [3.8, 4) is 11.5 Å². The first-order valence-electron chi connectivity index (χ1n) is 8.64. The summed E-state index contributed by atoms with van der Waals surface area (Å²) in [5.74, 6) is -0.458. The molecule has 1 saturated carbocycles. The predicted octanol–water partition coefficient (Wildman–Crippen LogP) is 3.57. The molecule has 2 aromatic rings. The number of amides is 1. The highest BCUT2D eigenvalue weighted by molar-refractivity contribution is 6.32. The van der Waals surface area contributed by atoms with Crippen LogP contribution in [-0.4, -0.2) is 29.3 Å².